The van der Waals surface area contributed by atoms with Crippen LogP contribution < -0.4 is 5.73 Å². The summed E-state index contributed by atoms with van der Waals surface area (Å²) in [5, 5.41) is 0. The van der Waals surface area contributed by atoms with E-state index in [4.69, 9.17) is 5.73 Å². The van der Waals surface area contributed by atoms with Gasteiger partial charge in [-0.1, -0.05) is 34.8 Å². The van der Waals surface area contributed by atoms with Crippen molar-refractivity contribution in [2.45, 2.75) is 38.1 Å². The molecule has 0 amide bonds. The Morgan fingerprint density at radius 2 is 2.12 bits per heavy atom. The fourth-order valence-corrected chi connectivity index (χ4v) is 2.84. The summed E-state index contributed by atoms with van der Waals surface area (Å²) < 4.78 is 2.36. The van der Waals surface area contributed by atoms with Crippen LogP contribution in [0.3, 0.4) is 0 Å². The molecule has 2 N–H and O–H groups in total. The Kier molecular flexibility index (Phi) is 7.39. The fourth-order valence-electron chi connectivity index (χ4n) is 1.78. The zero-order valence-corrected chi connectivity index (χ0v) is 13.7. The van der Waals surface area contributed by atoms with Crippen molar-refractivity contribution < 1.29 is 0 Å². The van der Waals surface area contributed by atoms with E-state index in [-0.39, 0.29) is 6.04 Å². The average Bonchev–Trinajstić information content (AvgIpc) is 2.32. The summed E-state index contributed by atoms with van der Waals surface area (Å²) in [5.41, 5.74) is 7.45. The maximum atomic E-state index is 6.23. The first-order chi connectivity index (χ1) is 8.15. The summed E-state index contributed by atoms with van der Waals surface area (Å²) in [7, 11) is 0. The lowest BCUT2D eigenvalue weighted by atomic mass is 10.0. The van der Waals surface area contributed by atoms with Crippen LogP contribution in [0, 0.1) is 3.57 Å². The first-order valence-corrected chi connectivity index (χ1v) is 7.83. The minimum absolute atomic E-state index is 0.142. The van der Waals surface area contributed by atoms with Crippen molar-refractivity contribution in [1.82, 2.24) is 0 Å². The van der Waals surface area contributed by atoms with E-state index in [0.717, 1.165) is 17.3 Å². The summed E-state index contributed by atoms with van der Waals surface area (Å²) in [4.78, 5) is 0. The summed E-state index contributed by atoms with van der Waals surface area (Å²) in [6.07, 6.45) is 7.80. The van der Waals surface area contributed by atoms with Crippen molar-refractivity contribution in [3.05, 3.63) is 44.5 Å². The summed E-state index contributed by atoms with van der Waals surface area (Å²) in [6, 6.07) is 6.47. The van der Waals surface area contributed by atoms with Crippen LogP contribution in [0.2, 0.25) is 0 Å². The van der Waals surface area contributed by atoms with Gasteiger partial charge in [0.1, 0.15) is 0 Å². The van der Waals surface area contributed by atoms with E-state index in [1.165, 1.54) is 28.4 Å². The largest absolute Gasteiger partial charge is 0.324 e. The molecular weight excluding hydrogens is 389 g/mol. The Morgan fingerprint density at radius 3 is 2.82 bits per heavy atom. The molecule has 1 nitrogen and oxygen atoms in total. The van der Waals surface area contributed by atoms with Crippen molar-refractivity contribution in [3.63, 3.8) is 0 Å². The molecule has 1 atom stereocenters. The van der Waals surface area contributed by atoms with Gasteiger partial charge in [-0.05, 0) is 65.6 Å². The highest BCUT2D eigenvalue weighted by Crippen LogP contribution is 2.27. The van der Waals surface area contributed by atoms with E-state index < -0.39 is 0 Å². The van der Waals surface area contributed by atoms with Gasteiger partial charge < -0.3 is 5.73 Å². The Morgan fingerprint density at radius 1 is 1.35 bits per heavy atom. The lowest BCUT2D eigenvalue weighted by Gasteiger charge is -2.14. The van der Waals surface area contributed by atoms with Gasteiger partial charge in [0.25, 0.3) is 0 Å². The van der Waals surface area contributed by atoms with Gasteiger partial charge >= 0.3 is 0 Å². The Bertz CT molecular complexity index is 365. The monoisotopic (exact) mass is 407 g/mol. The summed E-state index contributed by atoms with van der Waals surface area (Å²) in [5.74, 6) is 0. The Hall–Kier alpha value is 0.130. The second-order valence-corrected chi connectivity index (χ2v) is 6.30. The van der Waals surface area contributed by atoms with Crippen molar-refractivity contribution in [2.75, 3.05) is 0 Å². The highest BCUT2D eigenvalue weighted by Gasteiger charge is 2.09. The molecule has 0 aliphatic rings. The van der Waals surface area contributed by atoms with Gasteiger partial charge in [0, 0.05) is 14.1 Å². The zero-order chi connectivity index (χ0) is 12.7. The van der Waals surface area contributed by atoms with Gasteiger partial charge in [-0.2, -0.15) is 0 Å². The molecule has 17 heavy (non-hydrogen) atoms. The van der Waals surface area contributed by atoms with E-state index in [9.17, 15) is 0 Å². The smallest absolute Gasteiger partial charge is 0.0306 e. The van der Waals surface area contributed by atoms with Crippen LogP contribution in [0.15, 0.2) is 35.3 Å². The molecule has 3 heteroatoms. The third-order valence-electron chi connectivity index (χ3n) is 2.78. The molecular formula is C14H19BrIN. The predicted molar refractivity (Wildman–Crippen MR) is 87.1 cm³/mol. The molecule has 1 aromatic carbocycles. The van der Waals surface area contributed by atoms with E-state index in [2.05, 4.69) is 63.3 Å². The molecule has 0 fully saturated rings. The minimum Gasteiger partial charge on any atom is -0.324 e. The molecule has 0 saturated heterocycles. The molecule has 0 heterocycles. The molecule has 1 rings (SSSR count). The predicted octanol–water partition coefficient (Wildman–Crippen LogP) is 5.19. The Balaban J connectivity index is 2.43. The van der Waals surface area contributed by atoms with Crippen LogP contribution in [-0.4, -0.2) is 0 Å². The van der Waals surface area contributed by atoms with Gasteiger partial charge in [0.05, 0.1) is 0 Å². The molecule has 94 valence electrons. The van der Waals surface area contributed by atoms with Gasteiger partial charge in [-0.3, -0.25) is 0 Å². The number of nitrogens with two attached hydrogens (primary N) is 1. The standard InChI is InChI=1S/C14H19BrIN/c1-2-3-4-5-6-7-14(17)12-10-11(16)8-9-13(12)15/h2,8-10,14H,1,3-7,17H2. The topological polar surface area (TPSA) is 26.0 Å². The molecule has 0 aliphatic carbocycles. The molecule has 1 unspecified atom stereocenters. The van der Waals surface area contributed by atoms with Crippen LogP contribution >= 0.6 is 38.5 Å². The number of hydrogen-bond donors (Lipinski definition) is 1. The molecule has 0 saturated carbocycles. The van der Waals surface area contributed by atoms with Crippen LogP contribution in [0.5, 0.6) is 0 Å². The van der Waals surface area contributed by atoms with Gasteiger partial charge in [-0.15, -0.1) is 6.58 Å². The molecule has 0 spiro atoms. The molecule has 0 aliphatic heterocycles. The van der Waals surface area contributed by atoms with Gasteiger partial charge in [0.2, 0.25) is 0 Å². The minimum atomic E-state index is 0.142. The third kappa shape index (κ3) is 5.53. The van der Waals surface area contributed by atoms with Crippen molar-refractivity contribution >= 4 is 38.5 Å². The maximum absolute atomic E-state index is 6.23. The first kappa shape index (κ1) is 15.2. The van der Waals surface area contributed by atoms with Gasteiger partial charge in [0.15, 0.2) is 0 Å². The maximum Gasteiger partial charge on any atom is 0.0306 e. The van der Waals surface area contributed by atoms with Crippen molar-refractivity contribution in [1.29, 1.82) is 0 Å². The van der Waals surface area contributed by atoms with Crippen LogP contribution in [-0.2, 0) is 0 Å². The van der Waals surface area contributed by atoms with Gasteiger partial charge in [-0.25, -0.2) is 0 Å². The molecule has 0 radical (unpaired) electrons. The summed E-state index contributed by atoms with van der Waals surface area (Å²) >= 11 is 5.89. The van der Waals surface area contributed by atoms with Crippen LogP contribution in [0.4, 0.5) is 0 Å². The van der Waals surface area contributed by atoms with E-state index in [1.54, 1.807) is 0 Å². The third-order valence-corrected chi connectivity index (χ3v) is 4.17. The van der Waals surface area contributed by atoms with Crippen LogP contribution in [0.25, 0.3) is 0 Å². The second-order valence-electron chi connectivity index (χ2n) is 4.20. The highest BCUT2D eigenvalue weighted by molar-refractivity contribution is 14.1. The SMILES string of the molecule is C=CCCCCCC(N)c1cc(I)ccc1Br. The quantitative estimate of drug-likeness (QED) is 0.375. The second kappa shape index (κ2) is 8.27. The highest BCUT2D eigenvalue weighted by atomic mass is 127. The lowest BCUT2D eigenvalue weighted by molar-refractivity contribution is 0.571. The van der Waals surface area contributed by atoms with Crippen molar-refractivity contribution in [2.24, 2.45) is 5.73 Å². The average molecular weight is 408 g/mol. The lowest BCUT2D eigenvalue weighted by Crippen LogP contribution is -2.11. The number of halogens is 2. The normalized spacial score (nSPS) is 12.4. The number of unbranched alkanes of at least 4 members (excludes halogenated alkanes) is 3. The zero-order valence-electron chi connectivity index (χ0n) is 9.96. The number of allylic oxidation sites excluding steroid dienone is 1. The fraction of sp³-hybridized carbons (Fsp3) is 0.429. The summed E-state index contributed by atoms with van der Waals surface area (Å²) in [6.45, 7) is 3.73. The van der Waals surface area contributed by atoms with Crippen LogP contribution in [0.1, 0.15) is 43.7 Å². The van der Waals surface area contributed by atoms with E-state index >= 15 is 0 Å². The Labute approximate surface area is 126 Å². The number of benzene rings is 1. The molecule has 0 bridgehead atoms. The van der Waals surface area contributed by atoms with E-state index in [0.29, 0.717) is 0 Å². The first-order valence-electron chi connectivity index (χ1n) is 5.96. The van der Waals surface area contributed by atoms with E-state index in [1.807, 2.05) is 6.08 Å². The number of hydrogen-bond acceptors (Lipinski definition) is 1. The number of rotatable bonds is 7. The molecule has 1 aromatic rings. The molecule has 0 aromatic heterocycles. The van der Waals surface area contributed by atoms with Crippen molar-refractivity contribution in [3.8, 4) is 0 Å².